The fourth-order valence-corrected chi connectivity index (χ4v) is 4.85. The largest absolute Gasteiger partial charge is 0.272 e. The van der Waals surface area contributed by atoms with E-state index >= 15 is 0 Å². The standard InChI is InChI=1S/C21H15BrClN5OS2/c22-18-11-10-17(31-18)12-24-25-19(29)13-30-21-27-26-20(14-6-8-15(23)9-7-14)28(21)16-4-2-1-3-5-16/h1-12H,13H2,(H,25,29)/b24-12+. The fraction of sp³-hybridized carbons (Fsp3) is 0.0476. The number of thiophene rings is 1. The lowest BCUT2D eigenvalue weighted by Gasteiger charge is -2.10. The van der Waals surface area contributed by atoms with Crippen molar-refractivity contribution in [1.82, 2.24) is 20.2 Å². The molecule has 10 heteroatoms. The number of thioether (sulfide) groups is 1. The van der Waals surface area contributed by atoms with Gasteiger partial charge in [-0.2, -0.15) is 5.10 Å². The number of halogens is 2. The number of para-hydroxylation sites is 1. The molecule has 0 saturated heterocycles. The first-order chi connectivity index (χ1) is 15.1. The molecule has 0 fully saturated rings. The smallest absolute Gasteiger partial charge is 0.250 e. The van der Waals surface area contributed by atoms with Crippen LogP contribution in [0.1, 0.15) is 4.88 Å². The number of hydrogen-bond acceptors (Lipinski definition) is 6. The van der Waals surface area contributed by atoms with Gasteiger partial charge in [0.15, 0.2) is 11.0 Å². The average molecular weight is 533 g/mol. The maximum atomic E-state index is 12.3. The highest BCUT2D eigenvalue weighted by molar-refractivity contribution is 9.11. The zero-order valence-corrected chi connectivity index (χ0v) is 19.9. The zero-order chi connectivity index (χ0) is 21.6. The lowest BCUT2D eigenvalue weighted by atomic mass is 10.2. The highest BCUT2D eigenvalue weighted by Crippen LogP contribution is 2.28. The Hall–Kier alpha value is -2.46. The van der Waals surface area contributed by atoms with Gasteiger partial charge in [0.2, 0.25) is 0 Å². The molecule has 6 nitrogen and oxygen atoms in total. The molecule has 1 amide bonds. The van der Waals surface area contributed by atoms with Crippen molar-refractivity contribution in [2.75, 3.05) is 5.75 Å². The van der Waals surface area contributed by atoms with Crippen molar-refractivity contribution in [3.8, 4) is 17.1 Å². The van der Waals surface area contributed by atoms with E-state index in [4.69, 9.17) is 11.6 Å². The molecule has 2 aromatic heterocycles. The Morgan fingerprint density at radius 1 is 1.13 bits per heavy atom. The third-order valence-electron chi connectivity index (χ3n) is 4.06. The first kappa shape index (κ1) is 21.8. The lowest BCUT2D eigenvalue weighted by molar-refractivity contribution is -0.118. The molecule has 4 rings (SSSR count). The first-order valence-corrected chi connectivity index (χ1v) is 12.0. The van der Waals surface area contributed by atoms with Crippen molar-refractivity contribution in [2.24, 2.45) is 5.10 Å². The molecule has 0 radical (unpaired) electrons. The molecule has 0 aliphatic heterocycles. The topological polar surface area (TPSA) is 72.2 Å². The number of rotatable bonds is 7. The molecule has 0 spiro atoms. The molecule has 0 saturated carbocycles. The molecular weight excluding hydrogens is 518 g/mol. The lowest BCUT2D eigenvalue weighted by Crippen LogP contribution is -2.19. The van der Waals surface area contributed by atoms with E-state index in [1.54, 1.807) is 6.21 Å². The normalized spacial score (nSPS) is 11.2. The van der Waals surface area contributed by atoms with Crippen LogP contribution < -0.4 is 5.43 Å². The van der Waals surface area contributed by atoms with Crippen LogP contribution >= 0.6 is 50.6 Å². The van der Waals surface area contributed by atoms with E-state index in [1.807, 2.05) is 71.3 Å². The van der Waals surface area contributed by atoms with Crippen LogP contribution in [0.25, 0.3) is 17.1 Å². The number of amides is 1. The summed E-state index contributed by atoms with van der Waals surface area (Å²) in [5, 5.41) is 13.9. The maximum absolute atomic E-state index is 12.3. The fourth-order valence-electron chi connectivity index (χ4n) is 2.69. The van der Waals surface area contributed by atoms with Crippen molar-refractivity contribution in [1.29, 1.82) is 0 Å². The summed E-state index contributed by atoms with van der Waals surface area (Å²) in [6, 6.07) is 21.0. The molecule has 0 unspecified atom stereocenters. The third-order valence-corrected chi connectivity index (χ3v) is 6.80. The van der Waals surface area contributed by atoms with Gasteiger partial charge < -0.3 is 0 Å². The van der Waals surface area contributed by atoms with E-state index in [9.17, 15) is 4.79 Å². The molecule has 4 aromatic rings. The van der Waals surface area contributed by atoms with Crippen LogP contribution in [0.5, 0.6) is 0 Å². The summed E-state index contributed by atoms with van der Waals surface area (Å²) in [7, 11) is 0. The summed E-state index contributed by atoms with van der Waals surface area (Å²) >= 11 is 12.2. The number of carbonyl (C=O) groups is 1. The van der Waals surface area contributed by atoms with Gasteiger partial charge in [0.25, 0.3) is 5.91 Å². The van der Waals surface area contributed by atoms with Crippen LogP contribution in [0.3, 0.4) is 0 Å². The van der Waals surface area contributed by atoms with Crippen LogP contribution in [0.2, 0.25) is 5.02 Å². The Kier molecular flexibility index (Phi) is 7.18. The molecule has 0 atom stereocenters. The Morgan fingerprint density at radius 3 is 2.61 bits per heavy atom. The molecule has 2 aromatic carbocycles. The molecule has 31 heavy (non-hydrogen) atoms. The van der Waals surface area contributed by atoms with E-state index in [2.05, 4.69) is 36.7 Å². The van der Waals surface area contributed by atoms with Crippen LogP contribution in [0.15, 0.2) is 80.8 Å². The minimum atomic E-state index is -0.229. The number of nitrogens with zero attached hydrogens (tertiary/aromatic N) is 4. The zero-order valence-electron chi connectivity index (χ0n) is 15.9. The van der Waals surface area contributed by atoms with Gasteiger partial charge in [-0.1, -0.05) is 41.6 Å². The van der Waals surface area contributed by atoms with E-state index < -0.39 is 0 Å². The van der Waals surface area contributed by atoms with E-state index in [0.29, 0.717) is 16.0 Å². The van der Waals surface area contributed by atoms with Gasteiger partial charge in [-0.05, 0) is 64.5 Å². The first-order valence-electron chi connectivity index (χ1n) is 9.07. The predicted molar refractivity (Wildman–Crippen MR) is 130 cm³/mol. The average Bonchev–Trinajstić information content (AvgIpc) is 3.39. The highest BCUT2D eigenvalue weighted by Gasteiger charge is 2.17. The van der Waals surface area contributed by atoms with Gasteiger partial charge in [-0.25, -0.2) is 5.43 Å². The van der Waals surface area contributed by atoms with Gasteiger partial charge in [-0.3, -0.25) is 9.36 Å². The van der Waals surface area contributed by atoms with Crippen molar-refractivity contribution >= 4 is 62.8 Å². The Bertz CT molecular complexity index is 1210. The summed E-state index contributed by atoms with van der Waals surface area (Å²) in [5.41, 5.74) is 4.33. The quantitative estimate of drug-likeness (QED) is 0.190. The molecule has 0 bridgehead atoms. The second-order valence-corrected chi connectivity index (χ2v) is 10.1. The van der Waals surface area contributed by atoms with E-state index in [-0.39, 0.29) is 11.7 Å². The second kappa shape index (κ2) is 10.2. The minimum Gasteiger partial charge on any atom is -0.272 e. The van der Waals surface area contributed by atoms with Crippen molar-refractivity contribution < 1.29 is 4.79 Å². The number of benzene rings is 2. The van der Waals surface area contributed by atoms with Crippen LogP contribution in [-0.4, -0.2) is 32.6 Å². The van der Waals surface area contributed by atoms with Crippen LogP contribution in [0.4, 0.5) is 0 Å². The van der Waals surface area contributed by atoms with Crippen molar-refractivity contribution in [3.05, 3.63) is 80.4 Å². The van der Waals surface area contributed by atoms with Crippen LogP contribution in [-0.2, 0) is 4.79 Å². The molecule has 0 aliphatic carbocycles. The van der Waals surface area contributed by atoms with Crippen molar-refractivity contribution in [2.45, 2.75) is 5.16 Å². The Balaban J connectivity index is 1.50. The van der Waals surface area contributed by atoms with E-state index in [0.717, 1.165) is 19.9 Å². The molecule has 2 heterocycles. The number of aromatic nitrogens is 3. The maximum Gasteiger partial charge on any atom is 0.250 e. The van der Waals surface area contributed by atoms with Gasteiger partial charge in [0, 0.05) is 21.2 Å². The third kappa shape index (κ3) is 5.62. The Morgan fingerprint density at radius 2 is 1.90 bits per heavy atom. The van der Waals surface area contributed by atoms with Crippen molar-refractivity contribution in [3.63, 3.8) is 0 Å². The highest BCUT2D eigenvalue weighted by atomic mass is 79.9. The minimum absolute atomic E-state index is 0.150. The SMILES string of the molecule is O=C(CSc1nnc(-c2ccc(Cl)cc2)n1-c1ccccc1)N/N=C/c1ccc(Br)s1. The number of carbonyl (C=O) groups excluding carboxylic acids is 1. The van der Waals surface area contributed by atoms with Gasteiger partial charge in [-0.15, -0.1) is 21.5 Å². The summed E-state index contributed by atoms with van der Waals surface area (Å²) in [6.45, 7) is 0. The molecule has 0 aliphatic rings. The van der Waals surface area contributed by atoms with Gasteiger partial charge >= 0.3 is 0 Å². The predicted octanol–water partition coefficient (Wildman–Crippen LogP) is 5.65. The number of hydrazone groups is 1. The van der Waals surface area contributed by atoms with Gasteiger partial charge in [0.1, 0.15) is 0 Å². The molecular formula is C21H15BrClN5OS2. The number of nitrogens with one attached hydrogen (secondary N) is 1. The molecule has 1 N–H and O–H groups in total. The van der Waals surface area contributed by atoms with E-state index in [1.165, 1.54) is 23.1 Å². The second-order valence-electron chi connectivity index (χ2n) is 6.21. The summed E-state index contributed by atoms with van der Waals surface area (Å²) in [6.07, 6.45) is 1.61. The summed E-state index contributed by atoms with van der Waals surface area (Å²) in [5.74, 6) is 0.594. The van der Waals surface area contributed by atoms with Gasteiger partial charge in [0.05, 0.1) is 15.8 Å². The summed E-state index contributed by atoms with van der Waals surface area (Å²) in [4.78, 5) is 13.2. The summed E-state index contributed by atoms with van der Waals surface area (Å²) < 4.78 is 2.93. The molecule has 156 valence electrons. The monoisotopic (exact) mass is 531 g/mol. The Labute approximate surface area is 200 Å². The van der Waals surface area contributed by atoms with Crippen LogP contribution in [0, 0.1) is 0 Å². The number of hydrogen-bond donors (Lipinski definition) is 1.